The van der Waals surface area contributed by atoms with E-state index in [1.54, 1.807) is 22.9 Å². The van der Waals surface area contributed by atoms with E-state index in [1.165, 1.54) is 6.20 Å². The van der Waals surface area contributed by atoms with Crippen molar-refractivity contribution >= 4 is 28.1 Å². The van der Waals surface area contributed by atoms with Crippen molar-refractivity contribution in [2.24, 2.45) is 23.0 Å². The Labute approximate surface area is 183 Å². The van der Waals surface area contributed by atoms with Crippen LogP contribution in [0.2, 0.25) is 0 Å². The van der Waals surface area contributed by atoms with Gasteiger partial charge in [0.15, 0.2) is 0 Å². The molecule has 0 radical (unpaired) electrons. The lowest BCUT2D eigenvalue weighted by atomic mass is 9.83. The lowest BCUT2D eigenvalue weighted by Crippen LogP contribution is -2.38. The van der Waals surface area contributed by atoms with E-state index in [0.717, 1.165) is 22.7 Å². The van der Waals surface area contributed by atoms with Crippen LogP contribution in [0.15, 0.2) is 45.3 Å². The first-order valence-corrected chi connectivity index (χ1v) is 11.6. The molecule has 1 fully saturated rings. The average molecular weight is 444 g/mol. The normalized spacial score (nSPS) is 19.9. The van der Waals surface area contributed by atoms with E-state index < -0.39 is 10.0 Å². The third kappa shape index (κ3) is 5.36. The molecular formula is C22H29N5O3S. The van der Waals surface area contributed by atoms with E-state index >= 15 is 0 Å². The number of nitrogens with one attached hydrogen (secondary N) is 1. The Morgan fingerprint density at radius 2 is 2.06 bits per heavy atom. The highest BCUT2D eigenvalue weighted by atomic mass is 32.2. The van der Waals surface area contributed by atoms with Crippen LogP contribution in [0.5, 0.6) is 0 Å². The number of aryl methyl sites for hydroxylation is 3. The summed E-state index contributed by atoms with van der Waals surface area (Å²) in [5.41, 5.74) is 4.52. The molecule has 8 nitrogen and oxygen atoms in total. The highest BCUT2D eigenvalue weighted by Gasteiger charge is 2.28. The Bertz CT molecular complexity index is 1140. The number of sulfonamides is 1. The Balaban J connectivity index is 1.92. The molecule has 1 aliphatic carbocycles. The minimum Gasteiger partial charge on any atom is -0.393 e. The van der Waals surface area contributed by atoms with E-state index in [0.29, 0.717) is 30.6 Å². The van der Waals surface area contributed by atoms with Gasteiger partial charge in [-0.25, -0.2) is 18.1 Å². The van der Waals surface area contributed by atoms with Crippen molar-refractivity contribution in [3.63, 3.8) is 0 Å². The van der Waals surface area contributed by atoms with Gasteiger partial charge in [0.2, 0.25) is 10.0 Å². The van der Waals surface area contributed by atoms with Gasteiger partial charge in [0.05, 0.1) is 40.0 Å². The molecule has 9 heteroatoms. The molecule has 1 aliphatic rings. The summed E-state index contributed by atoms with van der Waals surface area (Å²) in [6.07, 6.45) is 2.46. The fourth-order valence-electron chi connectivity index (χ4n) is 3.65. The monoisotopic (exact) mass is 443 g/mol. The van der Waals surface area contributed by atoms with E-state index in [-0.39, 0.29) is 16.9 Å². The molecule has 0 atom stereocenters. The Kier molecular flexibility index (Phi) is 6.88. The number of hydrogen-bond acceptors (Lipinski definition) is 6. The van der Waals surface area contributed by atoms with Crippen molar-refractivity contribution in [3.8, 4) is 0 Å². The predicted molar refractivity (Wildman–Crippen MR) is 123 cm³/mol. The molecule has 0 bridgehead atoms. The molecule has 2 aromatic rings. The molecule has 166 valence electrons. The van der Waals surface area contributed by atoms with Crippen molar-refractivity contribution in [3.05, 3.63) is 53.0 Å². The van der Waals surface area contributed by atoms with Gasteiger partial charge in [0.1, 0.15) is 0 Å². The molecular weight excluding hydrogens is 414 g/mol. The highest BCUT2D eigenvalue weighted by Crippen LogP contribution is 2.28. The number of hydrogen-bond donors (Lipinski definition) is 2. The molecule has 3 rings (SSSR count). The van der Waals surface area contributed by atoms with Crippen molar-refractivity contribution in [2.75, 3.05) is 6.54 Å². The van der Waals surface area contributed by atoms with Crippen molar-refractivity contribution in [1.82, 2.24) is 14.5 Å². The van der Waals surface area contributed by atoms with Crippen LogP contribution >= 0.6 is 0 Å². The van der Waals surface area contributed by atoms with Gasteiger partial charge in [-0.3, -0.25) is 9.67 Å². The van der Waals surface area contributed by atoms with Crippen molar-refractivity contribution in [2.45, 2.75) is 44.6 Å². The summed E-state index contributed by atoms with van der Waals surface area (Å²) in [5.74, 6) is 0.171. The maximum Gasteiger partial charge on any atom is 0.240 e. The summed E-state index contributed by atoms with van der Waals surface area (Å²) >= 11 is 0. The van der Waals surface area contributed by atoms with Gasteiger partial charge in [-0.2, -0.15) is 5.10 Å². The molecule has 1 heterocycles. The van der Waals surface area contributed by atoms with Gasteiger partial charge in [0, 0.05) is 19.2 Å². The molecule has 1 aromatic heterocycles. The maximum atomic E-state index is 12.8. The second-order valence-electron chi connectivity index (χ2n) is 8.01. The molecule has 0 aliphatic heterocycles. The molecule has 2 N–H and O–H groups in total. The minimum atomic E-state index is -3.69. The van der Waals surface area contributed by atoms with Crippen LogP contribution in [-0.4, -0.2) is 48.4 Å². The second kappa shape index (κ2) is 9.25. The van der Waals surface area contributed by atoms with E-state index in [4.69, 9.17) is 4.99 Å². The van der Waals surface area contributed by atoms with E-state index in [1.807, 2.05) is 33.9 Å². The maximum absolute atomic E-state index is 12.8. The number of aromatic nitrogens is 2. The zero-order valence-electron chi connectivity index (χ0n) is 18.3. The topological polar surface area (TPSA) is 109 Å². The minimum absolute atomic E-state index is 0.159. The number of benzene rings is 1. The van der Waals surface area contributed by atoms with Crippen LogP contribution in [0.1, 0.15) is 42.3 Å². The third-order valence-corrected chi connectivity index (χ3v) is 6.86. The molecule has 0 unspecified atom stereocenters. The lowest BCUT2D eigenvalue weighted by molar-refractivity contribution is 0.0453. The average Bonchev–Trinajstić information content (AvgIpc) is 3.02. The summed E-state index contributed by atoms with van der Waals surface area (Å²) in [6.45, 7) is 9.53. The van der Waals surface area contributed by atoms with Crippen LogP contribution in [0.4, 0.5) is 0 Å². The summed E-state index contributed by atoms with van der Waals surface area (Å²) in [7, 11) is -1.84. The highest BCUT2D eigenvalue weighted by molar-refractivity contribution is 7.89. The number of aliphatic imine (C=N–C) groups is 2. The Morgan fingerprint density at radius 1 is 1.35 bits per heavy atom. The summed E-state index contributed by atoms with van der Waals surface area (Å²) < 4.78 is 30.0. The van der Waals surface area contributed by atoms with Gasteiger partial charge >= 0.3 is 0 Å². The van der Waals surface area contributed by atoms with Crippen LogP contribution < -0.4 is 4.72 Å². The quantitative estimate of drug-likeness (QED) is 0.611. The van der Waals surface area contributed by atoms with Gasteiger partial charge in [-0.1, -0.05) is 6.07 Å². The number of nitrogens with zero attached hydrogens (tertiary/aromatic N) is 4. The zero-order chi connectivity index (χ0) is 22.8. The van der Waals surface area contributed by atoms with E-state index in [2.05, 4.69) is 21.5 Å². The van der Waals surface area contributed by atoms with Crippen molar-refractivity contribution < 1.29 is 13.5 Å². The lowest BCUT2D eigenvalue weighted by Gasteiger charge is -2.31. The molecule has 0 spiro atoms. The molecule has 0 saturated heterocycles. The van der Waals surface area contributed by atoms with Gasteiger partial charge in [-0.15, -0.1) is 0 Å². The Morgan fingerprint density at radius 3 is 2.65 bits per heavy atom. The first-order valence-electron chi connectivity index (χ1n) is 10.1. The van der Waals surface area contributed by atoms with E-state index in [9.17, 15) is 13.5 Å². The van der Waals surface area contributed by atoms with Gasteiger partial charge in [0.25, 0.3) is 0 Å². The first kappa shape index (κ1) is 23.1. The summed E-state index contributed by atoms with van der Waals surface area (Å²) in [6, 6.07) is 6.88. The largest absolute Gasteiger partial charge is 0.393 e. The van der Waals surface area contributed by atoms with Gasteiger partial charge < -0.3 is 5.11 Å². The second-order valence-corrected chi connectivity index (χ2v) is 9.78. The number of rotatable bonds is 8. The molecule has 1 saturated carbocycles. The van der Waals surface area contributed by atoms with Crippen LogP contribution in [0.25, 0.3) is 5.70 Å². The van der Waals surface area contributed by atoms with Crippen molar-refractivity contribution in [1.29, 1.82) is 0 Å². The first-order chi connectivity index (χ1) is 14.6. The standard InChI is InChI=1S/C22H29N5O3S/c1-14-6-7-19(31(29,30)24-12-17-9-18(28)10-17)11-20(14)21(13-23-4)25-16(3)22-8-15(2)26-27(22)5/h6-8,11,13,17-18,24,28H,4,9-10,12H2,1-3,5H3/b21-13-,25-16+/t17-,18+. The Hall–Kier alpha value is -2.62. The number of aliphatic hydroxyl groups excluding tert-OH is 1. The third-order valence-electron chi connectivity index (χ3n) is 5.44. The van der Waals surface area contributed by atoms with Crippen LogP contribution in [0.3, 0.4) is 0 Å². The summed E-state index contributed by atoms with van der Waals surface area (Å²) in [4.78, 5) is 8.74. The van der Waals surface area contributed by atoms with Crippen LogP contribution in [-0.2, 0) is 17.1 Å². The van der Waals surface area contributed by atoms with Gasteiger partial charge in [-0.05, 0) is 70.0 Å². The summed E-state index contributed by atoms with van der Waals surface area (Å²) in [5, 5.41) is 13.8. The predicted octanol–water partition coefficient (Wildman–Crippen LogP) is 2.59. The van der Waals surface area contributed by atoms with Crippen LogP contribution in [0, 0.1) is 19.8 Å². The molecule has 0 amide bonds. The zero-order valence-corrected chi connectivity index (χ0v) is 19.1. The smallest absolute Gasteiger partial charge is 0.240 e. The SMILES string of the molecule is C=N/C=C(\N=C(/C)c1cc(C)nn1C)c1cc(S(=O)(=O)NC[C@H]2C[C@@H](O)C2)ccc1C. The molecule has 1 aromatic carbocycles. The number of aliphatic hydroxyl groups is 1. The molecule has 31 heavy (non-hydrogen) atoms. The fourth-order valence-corrected chi connectivity index (χ4v) is 4.80. The fraction of sp³-hybridized carbons (Fsp3) is 0.409.